The fraction of sp³-hybridized carbons (Fsp3) is 0.867. The van der Waals surface area contributed by atoms with Crippen LogP contribution >= 0.6 is 0 Å². The van der Waals surface area contributed by atoms with Crippen molar-refractivity contribution in [2.24, 2.45) is 22.7 Å². The molecule has 0 aliphatic heterocycles. The molecule has 0 bridgehead atoms. The fourth-order valence-corrected chi connectivity index (χ4v) is 3.47. The summed E-state index contributed by atoms with van der Waals surface area (Å²) in [5.41, 5.74) is -0.597. The van der Waals surface area contributed by atoms with Crippen molar-refractivity contribution in [3.05, 3.63) is 0 Å². The second-order valence-electron chi connectivity index (χ2n) is 7.16. The molecule has 2 atom stereocenters. The van der Waals surface area contributed by atoms with E-state index in [1.54, 1.807) is 0 Å². The molecule has 0 saturated heterocycles. The van der Waals surface area contributed by atoms with Crippen LogP contribution in [0.2, 0.25) is 0 Å². The Hall–Kier alpha value is -0.660. The number of Topliss-reactive ketones (excluding diaryl/α,β-unsaturated/α-hetero) is 2. The van der Waals surface area contributed by atoms with Gasteiger partial charge in [-0.05, 0) is 31.6 Å². The lowest BCUT2D eigenvalue weighted by Gasteiger charge is -2.39. The summed E-state index contributed by atoms with van der Waals surface area (Å²) in [5, 5.41) is 0. The maximum absolute atomic E-state index is 12.6. The Bertz CT molecular complexity index is 352. The Balaban J connectivity index is 2.35. The van der Waals surface area contributed by atoms with Gasteiger partial charge in [0.1, 0.15) is 11.6 Å². The van der Waals surface area contributed by atoms with Crippen LogP contribution in [0.25, 0.3) is 0 Å². The van der Waals surface area contributed by atoms with E-state index in [1.807, 2.05) is 27.7 Å². The number of hydrogen-bond acceptors (Lipinski definition) is 2. The molecule has 0 radical (unpaired) electrons. The van der Waals surface area contributed by atoms with Gasteiger partial charge in [-0.25, -0.2) is 0 Å². The fourth-order valence-electron chi connectivity index (χ4n) is 3.47. The quantitative estimate of drug-likeness (QED) is 0.604. The molecule has 2 fully saturated rings. The monoisotopic (exact) mass is 236 g/mol. The highest BCUT2D eigenvalue weighted by Crippen LogP contribution is 2.46. The number of ketones is 2. The van der Waals surface area contributed by atoms with Crippen LogP contribution in [-0.2, 0) is 9.59 Å². The molecule has 2 aliphatic rings. The molecular weight excluding hydrogens is 212 g/mol. The third-order valence-electron chi connectivity index (χ3n) is 4.89. The van der Waals surface area contributed by atoms with Gasteiger partial charge in [-0.2, -0.15) is 0 Å². The Kier molecular flexibility index (Phi) is 2.95. The molecule has 2 rings (SSSR count). The van der Waals surface area contributed by atoms with Gasteiger partial charge in [0.15, 0.2) is 0 Å². The van der Waals surface area contributed by atoms with E-state index >= 15 is 0 Å². The van der Waals surface area contributed by atoms with Crippen molar-refractivity contribution in [1.82, 2.24) is 0 Å². The summed E-state index contributed by atoms with van der Waals surface area (Å²) < 4.78 is 0. The molecule has 0 N–H and O–H groups in total. The second-order valence-corrected chi connectivity index (χ2v) is 7.16. The Morgan fingerprint density at radius 2 is 1.41 bits per heavy atom. The third-order valence-corrected chi connectivity index (χ3v) is 4.89. The predicted molar refractivity (Wildman–Crippen MR) is 67.6 cm³/mol. The first-order valence-corrected chi connectivity index (χ1v) is 6.84. The number of carbonyl (C=O) groups is 2. The molecule has 0 amide bonds. The number of rotatable bonds is 0. The lowest BCUT2D eigenvalue weighted by Crippen LogP contribution is -2.46. The van der Waals surface area contributed by atoms with E-state index in [1.165, 1.54) is 0 Å². The van der Waals surface area contributed by atoms with Crippen molar-refractivity contribution < 1.29 is 9.59 Å². The Morgan fingerprint density at radius 3 is 2.00 bits per heavy atom. The molecule has 0 aromatic carbocycles. The van der Waals surface area contributed by atoms with Gasteiger partial charge < -0.3 is 0 Å². The van der Waals surface area contributed by atoms with Crippen LogP contribution in [-0.4, -0.2) is 11.6 Å². The Morgan fingerprint density at radius 1 is 0.882 bits per heavy atom. The summed E-state index contributed by atoms with van der Waals surface area (Å²) >= 11 is 0. The predicted octanol–water partition coefficient (Wildman–Crippen LogP) is 3.39. The topological polar surface area (TPSA) is 34.1 Å². The first-order valence-electron chi connectivity index (χ1n) is 6.84. The van der Waals surface area contributed by atoms with Gasteiger partial charge in [0, 0.05) is 10.8 Å². The van der Waals surface area contributed by atoms with Crippen molar-refractivity contribution in [3.63, 3.8) is 0 Å². The van der Waals surface area contributed by atoms with Gasteiger partial charge in [-0.15, -0.1) is 0 Å². The molecular formula is C15H24O2. The van der Waals surface area contributed by atoms with Crippen LogP contribution in [0.1, 0.15) is 59.8 Å². The molecule has 2 unspecified atom stereocenters. The van der Waals surface area contributed by atoms with Crippen LogP contribution in [0.4, 0.5) is 0 Å². The molecule has 0 spiro atoms. The number of fused-ring (bicyclic) bond motifs is 1. The van der Waals surface area contributed by atoms with E-state index in [0.29, 0.717) is 5.92 Å². The average molecular weight is 236 g/mol. The molecule has 2 heteroatoms. The minimum Gasteiger partial charge on any atom is -0.298 e. The molecule has 2 nitrogen and oxygen atoms in total. The van der Waals surface area contributed by atoms with E-state index in [0.717, 1.165) is 32.1 Å². The highest BCUT2D eigenvalue weighted by molar-refractivity contribution is 6.07. The van der Waals surface area contributed by atoms with Gasteiger partial charge in [0.05, 0.1) is 5.92 Å². The van der Waals surface area contributed by atoms with Crippen LogP contribution < -0.4 is 0 Å². The van der Waals surface area contributed by atoms with Crippen LogP contribution in [0, 0.1) is 22.7 Å². The zero-order chi connectivity index (χ0) is 12.8. The summed E-state index contributed by atoms with van der Waals surface area (Å²) in [6.45, 7) is 8.01. The summed E-state index contributed by atoms with van der Waals surface area (Å²) in [7, 11) is 0. The maximum Gasteiger partial charge on any atom is 0.149 e. The average Bonchev–Trinajstić information content (AvgIpc) is 2.33. The summed E-state index contributed by atoms with van der Waals surface area (Å²) in [6.07, 6.45) is 5.08. The minimum atomic E-state index is -0.309. The van der Waals surface area contributed by atoms with E-state index in [2.05, 4.69) is 0 Å². The van der Waals surface area contributed by atoms with Crippen LogP contribution in [0.3, 0.4) is 0 Å². The second kappa shape index (κ2) is 3.93. The third kappa shape index (κ3) is 2.07. The van der Waals surface area contributed by atoms with Crippen molar-refractivity contribution in [2.45, 2.75) is 59.8 Å². The number of hydrogen-bond donors (Lipinski definition) is 0. The van der Waals surface area contributed by atoms with E-state index < -0.39 is 0 Å². The number of carbonyl (C=O) groups excluding carboxylic acids is 2. The molecule has 0 heterocycles. The van der Waals surface area contributed by atoms with E-state index in [4.69, 9.17) is 0 Å². The largest absolute Gasteiger partial charge is 0.298 e. The SMILES string of the molecule is CC1(C)CCCC2CCC(C)(C)C(=O)C2C1=O. The van der Waals surface area contributed by atoms with Gasteiger partial charge in [0.25, 0.3) is 0 Å². The highest BCUT2D eigenvalue weighted by Gasteiger charge is 2.50. The molecule has 0 aromatic heterocycles. The molecule has 2 aliphatic carbocycles. The zero-order valence-corrected chi connectivity index (χ0v) is 11.5. The Labute approximate surface area is 104 Å². The maximum atomic E-state index is 12.6. The summed E-state index contributed by atoms with van der Waals surface area (Å²) in [6, 6.07) is 0. The van der Waals surface area contributed by atoms with Gasteiger partial charge in [-0.1, -0.05) is 34.1 Å². The first kappa shape index (κ1) is 12.8. The lowest BCUT2D eigenvalue weighted by molar-refractivity contribution is -0.147. The van der Waals surface area contributed by atoms with Gasteiger partial charge in [0.2, 0.25) is 0 Å². The van der Waals surface area contributed by atoms with E-state index in [-0.39, 0.29) is 28.3 Å². The van der Waals surface area contributed by atoms with Crippen molar-refractivity contribution >= 4 is 11.6 Å². The van der Waals surface area contributed by atoms with Gasteiger partial charge in [-0.3, -0.25) is 9.59 Å². The standard InChI is InChI=1S/C15H24O2/c1-14(2)8-5-6-10-7-9-15(3,4)13(17)11(10)12(14)16/h10-11H,5-9H2,1-4H3. The highest BCUT2D eigenvalue weighted by atomic mass is 16.2. The zero-order valence-electron chi connectivity index (χ0n) is 11.5. The van der Waals surface area contributed by atoms with Crippen molar-refractivity contribution in [2.75, 3.05) is 0 Å². The lowest BCUT2D eigenvalue weighted by atomic mass is 9.62. The molecule has 17 heavy (non-hydrogen) atoms. The normalized spacial score (nSPS) is 36.2. The smallest absolute Gasteiger partial charge is 0.149 e. The minimum absolute atomic E-state index is 0.203. The van der Waals surface area contributed by atoms with Crippen molar-refractivity contribution in [1.29, 1.82) is 0 Å². The van der Waals surface area contributed by atoms with Crippen LogP contribution in [0.5, 0.6) is 0 Å². The van der Waals surface area contributed by atoms with Gasteiger partial charge >= 0.3 is 0 Å². The molecule has 96 valence electrons. The molecule has 0 aromatic rings. The van der Waals surface area contributed by atoms with E-state index in [9.17, 15) is 9.59 Å². The summed E-state index contributed by atoms with van der Waals surface area (Å²) in [5.74, 6) is 0.424. The van der Waals surface area contributed by atoms with Crippen LogP contribution in [0.15, 0.2) is 0 Å². The molecule has 2 saturated carbocycles. The first-order chi connectivity index (χ1) is 7.76. The van der Waals surface area contributed by atoms with Crippen molar-refractivity contribution in [3.8, 4) is 0 Å². The summed E-state index contributed by atoms with van der Waals surface area (Å²) in [4.78, 5) is 25.1.